The van der Waals surface area contributed by atoms with Crippen LogP contribution in [-0.2, 0) is 7.05 Å². The van der Waals surface area contributed by atoms with Crippen LogP contribution < -0.4 is 10.1 Å². The van der Waals surface area contributed by atoms with E-state index >= 15 is 0 Å². The first-order valence-electron chi connectivity index (χ1n) is 4.97. The molecular weight excluding hydrogens is 204 g/mol. The molecule has 0 saturated heterocycles. The summed E-state index contributed by atoms with van der Waals surface area (Å²) < 4.78 is 6.87. The first-order chi connectivity index (χ1) is 7.74. The lowest BCUT2D eigenvalue weighted by atomic mass is 10.2. The minimum absolute atomic E-state index is 0.592. The van der Waals surface area contributed by atoms with E-state index in [1.54, 1.807) is 18.0 Å². The van der Waals surface area contributed by atoms with Crippen molar-refractivity contribution in [1.29, 1.82) is 0 Å². The van der Waals surface area contributed by atoms with Gasteiger partial charge in [0.2, 0.25) is 5.88 Å². The smallest absolute Gasteiger partial charge is 0.213 e. The predicted molar refractivity (Wildman–Crippen MR) is 62.5 cm³/mol. The Morgan fingerprint density at radius 2 is 2.19 bits per heavy atom. The number of aryl methyl sites for hydroxylation is 1. The van der Waals surface area contributed by atoms with Crippen LogP contribution in [0.2, 0.25) is 0 Å². The molecule has 0 aliphatic heterocycles. The Morgan fingerprint density at radius 3 is 2.81 bits per heavy atom. The molecule has 0 saturated carbocycles. The second-order valence-electron chi connectivity index (χ2n) is 3.38. The third-order valence-corrected chi connectivity index (χ3v) is 2.38. The van der Waals surface area contributed by atoms with Crippen LogP contribution in [0.3, 0.4) is 0 Å². The summed E-state index contributed by atoms with van der Waals surface area (Å²) in [7, 11) is 5.37. The van der Waals surface area contributed by atoms with Crippen molar-refractivity contribution in [2.45, 2.75) is 0 Å². The average molecular weight is 218 g/mol. The van der Waals surface area contributed by atoms with Crippen LogP contribution in [0.5, 0.6) is 5.88 Å². The molecule has 0 atom stereocenters. The lowest BCUT2D eigenvalue weighted by Gasteiger charge is -1.99. The molecule has 0 amide bonds. The number of nitrogens with one attached hydrogen (secondary N) is 1. The number of methoxy groups -OCH3 is 1. The van der Waals surface area contributed by atoms with Crippen LogP contribution in [-0.4, -0.2) is 28.9 Å². The van der Waals surface area contributed by atoms with E-state index in [4.69, 9.17) is 4.74 Å². The van der Waals surface area contributed by atoms with Gasteiger partial charge in [-0.25, -0.2) is 4.98 Å². The minimum Gasteiger partial charge on any atom is -0.481 e. The van der Waals surface area contributed by atoms with Gasteiger partial charge in [-0.05, 0) is 6.07 Å². The van der Waals surface area contributed by atoms with E-state index in [1.165, 1.54) is 0 Å². The van der Waals surface area contributed by atoms with Gasteiger partial charge >= 0.3 is 0 Å². The van der Waals surface area contributed by atoms with Gasteiger partial charge in [0.05, 0.1) is 12.8 Å². The van der Waals surface area contributed by atoms with Crippen molar-refractivity contribution in [3.05, 3.63) is 24.4 Å². The molecular formula is C11H14N4O. The molecule has 84 valence electrons. The Kier molecular flexibility index (Phi) is 2.76. The summed E-state index contributed by atoms with van der Waals surface area (Å²) in [6.07, 6.45) is 1.71. The van der Waals surface area contributed by atoms with E-state index in [2.05, 4.69) is 15.4 Å². The van der Waals surface area contributed by atoms with Crippen LogP contribution >= 0.6 is 0 Å². The maximum atomic E-state index is 5.08. The summed E-state index contributed by atoms with van der Waals surface area (Å²) in [5, 5.41) is 7.47. The topological polar surface area (TPSA) is 52.0 Å². The van der Waals surface area contributed by atoms with Crippen molar-refractivity contribution in [3.63, 3.8) is 0 Å². The first-order valence-corrected chi connectivity index (χ1v) is 4.97. The van der Waals surface area contributed by atoms with Gasteiger partial charge in [-0.3, -0.25) is 4.68 Å². The minimum atomic E-state index is 0.592. The number of pyridine rings is 1. The van der Waals surface area contributed by atoms with Gasteiger partial charge in [0.15, 0.2) is 0 Å². The van der Waals surface area contributed by atoms with Crippen molar-refractivity contribution in [3.8, 4) is 17.1 Å². The molecule has 2 heterocycles. The highest BCUT2D eigenvalue weighted by atomic mass is 16.5. The molecule has 0 spiro atoms. The molecule has 0 unspecified atom stereocenters. The Labute approximate surface area is 94.1 Å². The van der Waals surface area contributed by atoms with Crippen LogP contribution in [0.15, 0.2) is 24.4 Å². The molecule has 0 aliphatic rings. The maximum Gasteiger partial charge on any atom is 0.213 e. The van der Waals surface area contributed by atoms with E-state index in [0.29, 0.717) is 5.88 Å². The second kappa shape index (κ2) is 4.22. The molecule has 0 aromatic carbocycles. The molecule has 1 N–H and O–H groups in total. The van der Waals surface area contributed by atoms with Gasteiger partial charge in [0.25, 0.3) is 0 Å². The summed E-state index contributed by atoms with van der Waals surface area (Å²) in [5.41, 5.74) is 1.89. The van der Waals surface area contributed by atoms with Gasteiger partial charge in [0, 0.05) is 38.0 Å². The fraction of sp³-hybridized carbons (Fsp3) is 0.273. The van der Waals surface area contributed by atoms with Gasteiger partial charge in [0.1, 0.15) is 5.82 Å². The molecule has 5 nitrogen and oxygen atoms in total. The van der Waals surface area contributed by atoms with Gasteiger partial charge < -0.3 is 10.1 Å². The molecule has 0 fully saturated rings. The van der Waals surface area contributed by atoms with Gasteiger partial charge in [-0.15, -0.1) is 0 Å². The van der Waals surface area contributed by atoms with Crippen molar-refractivity contribution in [2.24, 2.45) is 7.05 Å². The quantitative estimate of drug-likeness (QED) is 0.848. The highest BCUT2D eigenvalue weighted by molar-refractivity contribution is 5.63. The Bertz CT molecular complexity index is 492. The second-order valence-corrected chi connectivity index (χ2v) is 3.38. The molecule has 2 rings (SSSR count). The number of hydrogen-bond acceptors (Lipinski definition) is 4. The Hall–Kier alpha value is -2.04. The number of ether oxygens (including phenoxy) is 1. The van der Waals surface area contributed by atoms with Crippen molar-refractivity contribution < 1.29 is 4.74 Å². The lowest BCUT2D eigenvalue weighted by molar-refractivity contribution is 0.398. The highest BCUT2D eigenvalue weighted by Gasteiger charge is 2.06. The van der Waals surface area contributed by atoms with E-state index in [0.717, 1.165) is 17.1 Å². The molecule has 5 heteroatoms. The Morgan fingerprint density at radius 1 is 1.38 bits per heavy atom. The number of rotatable bonds is 3. The summed E-state index contributed by atoms with van der Waals surface area (Å²) in [6, 6.07) is 5.75. The maximum absolute atomic E-state index is 5.08. The zero-order valence-corrected chi connectivity index (χ0v) is 9.56. The molecule has 2 aromatic rings. The normalized spacial score (nSPS) is 10.2. The average Bonchev–Trinajstić information content (AvgIpc) is 2.71. The number of aromatic nitrogens is 3. The SMILES string of the molecule is CNc1cc(-c2ccnc(OC)c2)nn1C. The Balaban J connectivity index is 2.41. The zero-order chi connectivity index (χ0) is 11.5. The van der Waals surface area contributed by atoms with E-state index in [9.17, 15) is 0 Å². The molecule has 2 aromatic heterocycles. The molecule has 0 aliphatic carbocycles. The van der Waals surface area contributed by atoms with Crippen molar-refractivity contribution in [1.82, 2.24) is 14.8 Å². The number of hydrogen-bond donors (Lipinski definition) is 1. The standard InChI is InChI=1S/C11H14N4O/c1-12-10-7-9(14-15(10)2)8-4-5-13-11(6-8)16-3/h4-7,12H,1-3H3. The first kappa shape index (κ1) is 10.5. The van der Waals surface area contributed by atoms with Crippen molar-refractivity contribution >= 4 is 5.82 Å². The van der Waals surface area contributed by atoms with Gasteiger partial charge in [-0.1, -0.05) is 0 Å². The largest absolute Gasteiger partial charge is 0.481 e. The molecule has 0 bridgehead atoms. The van der Waals surface area contributed by atoms with Crippen LogP contribution in [0.4, 0.5) is 5.82 Å². The highest BCUT2D eigenvalue weighted by Crippen LogP contribution is 2.23. The van der Waals surface area contributed by atoms with Crippen LogP contribution in [0.1, 0.15) is 0 Å². The fourth-order valence-corrected chi connectivity index (χ4v) is 1.52. The van der Waals surface area contributed by atoms with Crippen molar-refractivity contribution in [2.75, 3.05) is 19.5 Å². The van der Waals surface area contributed by atoms with Gasteiger partial charge in [-0.2, -0.15) is 5.10 Å². The third-order valence-electron chi connectivity index (χ3n) is 2.38. The molecule has 0 radical (unpaired) electrons. The van der Waals surface area contributed by atoms with Crippen LogP contribution in [0.25, 0.3) is 11.3 Å². The number of anilines is 1. The van der Waals surface area contributed by atoms with E-state index in [1.807, 2.05) is 32.3 Å². The fourth-order valence-electron chi connectivity index (χ4n) is 1.52. The third kappa shape index (κ3) is 1.84. The van der Waals surface area contributed by atoms with E-state index < -0.39 is 0 Å². The zero-order valence-electron chi connectivity index (χ0n) is 9.56. The van der Waals surface area contributed by atoms with E-state index in [-0.39, 0.29) is 0 Å². The van der Waals surface area contributed by atoms with Crippen LogP contribution in [0, 0.1) is 0 Å². The summed E-state index contributed by atoms with van der Waals surface area (Å²) in [5.74, 6) is 1.56. The summed E-state index contributed by atoms with van der Waals surface area (Å²) in [4.78, 5) is 4.06. The number of nitrogens with zero attached hydrogens (tertiary/aromatic N) is 3. The monoisotopic (exact) mass is 218 g/mol. The predicted octanol–water partition coefficient (Wildman–Crippen LogP) is 1.53. The molecule has 16 heavy (non-hydrogen) atoms. The summed E-state index contributed by atoms with van der Waals surface area (Å²) in [6.45, 7) is 0. The lowest BCUT2D eigenvalue weighted by Crippen LogP contribution is -1.97. The summed E-state index contributed by atoms with van der Waals surface area (Å²) >= 11 is 0.